The standard InChI is InChI=1S/C13H21NO3S/c1-4-9-18(15,16)14-7-8-17-13-6-5-11(2)12(3)10-13/h5-6,10,14H,4,7-9H2,1-3H3. The first-order valence-electron chi connectivity index (χ1n) is 6.12. The lowest BCUT2D eigenvalue weighted by atomic mass is 10.1. The molecule has 1 rings (SSSR count). The van der Waals surface area contributed by atoms with Gasteiger partial charge in [0.25, 0.3) is 0 Å². The number of aryl methyl sites for hydroxylation is 2. The minimum absolute atomic E-state index is 0.163. The van der Waals surface area contributed by atoms with Crippen molar-refractivity contribution in [3.8, 4) is 5.75 Å². The van der Waals surface area contributed by atoms with E-state index in [0.29, 0.717) is 19.6 Å². The molecule has 0 unspecified atom stereocenters. The van der Waals surface area contributed by atoms with Crippen LogP contribution < -0.4 is 9.46 Å². The second-order valence-corrected chi connectivity index (χ2v) is 6.23. The summed E-state index contributed by atoms with van der Waals surface area (Å²) in [6.07, 6.45) is 0.618. The van der Waals surface area contributed by atoms with Gasteiger partial charge in [-0.25, -0.2) is 13.1 Å². The third-order valence-corrected chi connectivity index (χ3v) is 4.23. The average Bonchev–Trinajstić information content (AvgIpc) is 2.29. The molecule has 5 heteroatoms. The van der Waals surface area contributed by atoms with Crippen molar-refractivity contribution in [2.75, 3.05) is 18.9 Å². The van der Waals surface area contributed by atoms with E-state index in [-0.39, 0.29) is 5.75 Å². The first-order valence-corrected chi connectivity index (χ1v) is 7.77. The molecular formula is C13H21NO3S. The molecule has 0 saturated heterocycles. The van der Waals surface area contributed by atoms with Gasteiger partial charge < -0.3 is 4.74 Å². The van der Waals surface area contributed by atoms with Crippen LogP contribution in [-0.4, -0.2) is 27.3 Å². The normalized spacial score (nSPS) is 11.5. The zero-order valence-electron chi connectivity index (χ0n) is 11.2. The molecule has 0 aliphatic carbocycles. The maximum atomic E-state index is 11.4. The van der Waals surface area contributed by atoms with Gasteiger partial charge in [0.15, 0.2) is 0 Å². The Hall–Kier alpha value is -1.07. The Morgan fingerprint density at radius 3 is 2.56 bits per heavy atom. The van der Waals surface area contributed by atoms with Crippen molar-refractivity contribution in [2.45, 2.75) is 27.2 Å². The van der Waals surface area contributed by atoms with Crippen LogP contribution in [0.25, 0.3) is 0 Å². The SMILES string of the molecule is CCCS(=O)(=O)NCCOc1ccc(C)c(C)c1. The fraction of sp³-hybridized carbons (Fsp3) is 0.538. The summed E-state index contributed by atoms with van der Waals surface area (Å²) < 4.78 is 30.7. The molecule has 4 nitrogen and oxygen atoms in total. The first-order chi connectivity index (χ1) is 8.44. The lowest BCUT2D eigenvalue weighted by Crippen LogP contribution is -2.30. The molecular weight excluding hydrogens is 250 g/mol. The molecule has 0 amide bonds. The summed E-state index contributed by atoms with van der Waals surface area (Å²) in [4.78, 5) is 0. The van der Waals surface area contributed by atoms with Crippen LogP contribution in [-0.2, 0) is 10.0 Å². The molecule has 0 aromatic heterocycles. The predicted molar refractivity (Wildman–Crippen MR) is 73.5 cm³/mol. The van der Waals surface area contributed by atoms with Crippen molar-refractivity contribution < 1.29 is 13.2 Å². The zero-order chi connectivity index (χ0) is 13.6. The quantitative estimate of drug-likeness (QED) is 0.772. The van der Waals surface area contributed by atoms with Crippen LogP contribution in [0.5, 0.6) is 5.75 Å². The molecule has 1 N–H and O–H groups in total. The number of nitrogens with one attached hydrogen (secondary N) is 1. The molecule has 18 heavy (non-hydrogen) atoms. The summed E-state index contributed by atoms with van der Waals surface area (Å²) in [5.41, 5.74) is 2.38. The van der Waals surface area contributed by atoms with Crippen LogP contribution in [0.4, 0.5) is 0 Å². The molecule has 0 atom stereocenters. The van der Waals surface area contributed by atoms with Gasteiger partial charge in [0.05, 0.1) is 5.75 Å². The van der Waals surface area contributed by atoms with Crippen molar-refractivity contribution >= 4 is 10.0 Å². The van der Waals surface area contributed by atoms with Crippen LogP contribution in [0.2, 0.25) is 0 Å². The number of hydrogen-bond donors (Lipinski definition) is 1. The van der Waals surface area contributed by atoms with Crippen LogP contribution >= 0.6 is 0 Å². The summed E-state index contributed by atoms with van der Waals surface area (Å²) in [5, 5.41) is 0. The molecule has 0 aliphatic rings. The first kappa shape index (κ1) is 15.0. The Morgan fingerprint density at radius 2 is 1.94 bits per heavy atom. The molecule has 0 heterocycles. The van der Waals surface area contributed by atoms with E-state index in [0.717, 1.165) is 5.75 Å². The van der Waals surface area contributed by atoms with E-state index in [1.807, 2.05) is 39.0 Å². The van der Waals surface area contributed by atoms with Crippen molar-refractivity contribution in [3.63, 3.8) is 0 Å². The average molecular weight is 271 g/mol. The fourth-order valence-electron chi connectivity index (χ4n) is 1.51. The van der Waals surface area contributed by atoms with Gasteiger partial charge in [0, 0.05) is 6.54 Å². The van der Waals surface area contributed by atoms with E-state index in [1.165, 1.54) is 11.1 Å². The molecule has 0 aliphatic heterocycles. The maximum Gasteiger partial charge on any atom is 0.211 e. The van der Waals surface area contributed by atoms with E-state index in [9.17, 15) is 8.42 Å². The van der Waals surface area contributed by atoms with E-state index < -0.39 is 10.0 Å². The van der Waals surface area contributed by atoms with Gasteiger partial charge in [-0.05, 0) is 43.5 Å². The summed E-state index contributed by atoms with van der Waals surface area (Å²) in [5.74, 6) is 0.934. The van der Waals surface area contributed by atoms with Crippen molar-refractivity contribution in [3.05, 3.63) is 29.3 Å². The van der Waals surface area contributed by atoms with Crippen LogP contribution in [0.1, 0.15) is 24.5 Å². The maximum absolute atomic E-state index is 11.4. The van der Waals surface area contributed by atoms with E-state index >= 15 is 0 Å². The molecule has 0 spiro atoms. The fourth-order valence-corrected chi connectivity index (χ4v) is 2.59. The Morgan fingerprint density at radius 1 is 1.22 bits per heavy atom. The second-order valence-electron chi connectivity index (χ2n) is 4.31. The lowest BCUT2D eigenvalue weighted by molar-refractivity contribution is 0.322. The Balaban J connectivity index is 2.36. The van der Waals surface area contributed by atoms with Crippen molar-refractivity contribution in [1.29, 1.82) is 0 Å². The third kappa shape index (κ3) is 5.06. The van der Waals surface area contributed by atoms with Gasteiger partial charge in [-0.15, -0.1) is 0 Å². The summed E-state index contributed by atoms with van der Waals surface area (Å²) in [7, 11) is -3.13. The highest BCUT2D eigenvalue weighted by molar-refractivity contribution is 7.89. The third-order valence-electron chi connectivity index (χ3n) is 2.64. The monoisotopic (exact) mass is 271 g/mol. The van der Waals surface area contributed by atoms with Crippen LogP contribution in [0, 0.1) is 13.8 Å². The lowest BCUT2D eigenvalue weighted by Gasteiger charge is -2.09. The van der Waals surface area contributed by atoms with E-state index in [2.05, 4.69) is 4.72 Å². The minimum atomic E-state index is -3.13. The zero-order valence-corrected chi connectivity index (χ0v) is 12.0. The minimum Gasteiger partial charge on any atom is -0.492 e. The Bertz CT molecular complexity index is 483. The molecule has 1 aromatic carbocycles. The number of hydrogen-bond acceptors (Lipinski definition) is 3. The Kier molecular flexibility index (Phi) is 5.62. The second kappa shape index (κ2) is 6.75. The van der Waals surface area contributed by atoms with E-state index in [1.54, 1.807) is 0 Å². The highest BCUT2D eigenvalue weighted by Crippen LogP contribution is 2.15. The molecule has 0 radical (unpaired) electrons. The highest BCUT2D eigenvalue weighted by atomic mass is 32.2. The topological polar surface area (TPSA) is 55.4 Å². The van der Waals surface area contributed by atoms with Crippen LogP contribution in [0.15, 0.2) is 18.2 Å². The van der Waals surface area contributed by atoms with Gasteiger partial charge in [-0.2, -0.15) is 0 Å². The molecule has 1 aromatic rings. The highest BCUT2D eigenvalue weighted by Gasteiger charge is 2.07. The largest absolute Gasteiger partial charge is 0.492 e. The molecule has 102 valence electrons. The predicted octanol–water partition coefficient (Wildman–Crippen LogP) is 2.01. The van der Waals surface area contributed by atoms with Crippen molar-refractivity contribution in [2.24, 2.45) is 0 Å². The molecule has 0 saturated carbocycles. The summed E-state index contributed by atoms with van der Waals surface area (Å²) in [6.45, 7) is 6.54. The molecule has 0 fully saturated rings. The van der Waals surface area contributed by atoms with Gasteiger partial charge in [0.1, 0.15) is 12.4 Å². The number of rotatable bonds is 7. The van der Waals surface area contributed by atoms with E-state index in [4.69, 9.17) is 4.74 Å². The summed E-state index contributed by atoms with van der Waals surface area (Å²) in [6, 6.07) is 5.84. The number of benzene rings is 1. The summed E-state index contributed by atoms with van der Waals surface area (Å²) >= 11 is 0. The van der Waals surface area contributed by atoms with Crippen LogP contribution in [0.3, 0.4) is 0 Å². The van der Waals surface area contributed by atoms with Gasteiger partial charge >= 0.3 is 0 Å². The van der Waals surface area contributed by atoms with Crippen molar-refractivity contribution in [1.82, 2.24) is 4.72 Å². The number of sulfonamides is 1. The van der Waals surface area contributed by atoms with Gasteiger partial charge in [-0.3, -0.25) is 0 Å². The smallest absolute Gasteiger partial charge is 0.211 e. The Labute approximate surface area is 109 Å². The van der Waals surface area contributed by atoms with Gasteiger partial charge in [0.2, 0.25) is 10.0 Å². The van der Waals surface area contributed by atoms with Gasteiger partial charge in [-0.1, -0.05) is 13.0 Å². The molecule has 0 bridgehead atoms. The number of ether oxygens (including phenoxy) is 1.